The zero-order valence-electron chi connectivity index (χ0n) is 16.2. The molecule has 6 heteroatoms. The average molecular weight is 410 g/mol. The van der Waals surface area contributed by atoms with Gasteiger partial charge in [0, 0.05) is 16.5 Å². The lowest BCUT2D eigenvalue weighted by Gasteiger charge is -2.17. The van der Waals surface area contributed by atoms with E-state index in [1.54, 1.807) is 24.3 Å². The number of benzene rings is 2. The Morgan fingerprint density at radius 2 is 1.66 bits per heavy atom. The van der Waals surface area contributed by atoms with Gasteiger partial charge in [-0.05, 0) is 30.5 Å². The van der Waals surface area contributed by atoms with Gasteiger partial charge in [0.2, 0.25) is 0 Å². The largest absolute Gasteiger partial charge is 0.348 e. The molecule has 5 nitrogen and oxygen atoms in total. The summed E-state index contributed by atoms with van der Waals surface area (Å²) < 4.78 is 1.34. The average Bonchev–Trinajstić information content (AvgIpc) is 3.00. The summed E-state index contributed by atoms with van der Waals surface area (Å²) in [6.07, 6.45) is 6.68. The zero-order valence-corrected chi connectivity index (χ0v) is 17.0. The van der Waals surface area contributed by atoms with E-state index in [1.807, 2.05) is 24.3 Å². The zero-order chi connectivity index (χ0) is 20.2. The normalized spacial score (nSPS) is 15.2. The topological polar surface area (TPSA) is 64.0 Å². The first-order valence-corrected chi connectivity index (χ1v) is 10.6. The summed E-state index contributed by atoms with van der Waals surface area (Å²) in [6, 6.07) is 14.7. The highest BCUT2D eigenvalue weighted by Crippen LogP contribution is 2.20. The van der Waals surface area contributed by atoms with Crippen LogP contribution in [0.5, 0.6) is 0 Å². The second-order valence-electron chi connectivity index (χ2n) is 7.61. The Balaban J connectivity index is 1.72. The van der Waals surface area contributed by atoms with Crippen molar-refractivity contribution in [1.82, 2.24) is 15.1 Å². The van der Waals surface area contributed by atoms with E-state index in [9.17, 15) is 9.59 Å². The van der Waals surface area contributed by atoms with Gasteiger partial charge >= 0.3 is 0 Å². The van der Waals surface area contributed by atoms with E-state index in [4.69, 9.17) is 11.6 Å². The fraction of sp³-hybridized carbons (Fsp3) is 0.348. The monoisotopic (exact) mass is 409 g/mol. The molecular formula is C23H24ClN3O2. The summed E-state index contributed by atoms with van der Waals surface area (Å²) in [4.78, 5) is 26.1. The number of carbonyl (C=O) groups is 1. The van der Waals surface area contributed by atoms with E-state index in [0.717, 1.165) is 31.2 Å². The van der Waals surface area contributed by atoms with Gasteiger partial charge in [-0.25, -0.2) is 4.68 Å². The van der Waals surface area contributed by atoms with E-state index in [2.05, 4.69) is 10.4 Å². The number of halogens is 1. The molecule has 0 unspecified atom stereocenters. The van der Waals surface area contributed by atoms with Crippen LogP contribution in [0.25, 0.3) is 10.8 Å². The summed E-state index contributed by atoms with van der Waals surface area (Å²) in [5.74, 6) is -0.221. The number of rotatable bonds is 4. The fourth-order valence-corrected chi connectivity index (χ4v) is 4.17. The van der Waals surface area contributed by atoms with Crippen LogP contribution in [0, 0.1) is 0 Å². The van der Waals surface area contributed by atoms with Crippen LogP contribution in [0.4, 0.5) is 0 Å². The molecule has 3 aromatic rings. The van der Waals surface area contributed by atoms with Crippen LogP contribution in [0.1, 0.15) is 54.6 Å². The molecule has 1 aromatic heterocycles. The Labute approximate surface area is 174 Å². The van der Waals surface area contributed by atoms with Crippen molar-refractivity contribution in [2.75, 3.05) is 0 Å². The number of amides is 1. The molecule has 4 rings (SSSR count). The molecule has 1 saturated carbocycles. The van der Waals surface area contributed by atoms with Crippen molar-refractivity contribution < 1.29 is 4.79 Å². The van der Waals surface area contributed by atoms with Gasteiger partial charge in [-0.2, -0.15) is 5.10 Å². The lowest BCUT2D eigenvalue weighted by Crippen LogP contribution is -2.37. The molecule has 0 spiro atoms. The molecule has 0 bridgehead atoms. The number of fused-ring (bicyclic) bond motifs is 1. The number of nitrogens with one attached hydrogen (secondary N) is 1. The fourth-order valence-electron chi connectivity index (χ4n) is 3.98. The van der Waals surface area contributed by atoms with Crippen molar-refractivity contribution in [2.24, 2.45) is 0 Å². The van der Waals surface area contributed by atoms with E-state index < -0.39 is 0 Å². The summed E-state index contributed by atoms with van der Waals surface area (Å²) in [7, 11) is 0. The van der Waals surface area contributed by atoms with Gasteiger partial charge in [0.15, 0.2) is 5.69 Å². The lowest BCUT2D eigenvalue weighted by molar-refractivity contribution is 0.0928. The minimum Gasteiger partial charge on any atom is -0.348 e. The third-order valence-corrected chi connectivity index (χ3v) is 5.92. The van der Waals surface area contributed by atoms with Crippen molar-refractivity contribution in [1.29, 1.82) is 0 Å². The second kappa shape index (κ2) is 8.78. The van der Waals surface area contributed by atoms with E-state index in [-0.39, 0.29) is 29.7 Å². The quantitative estimate of drug-likeness (QED) is 0.643. The molecule has 1 aliphatic carbocycles. The van der Waals surface area contributed by atoms with Crippen molar-refractivity contribution >= 4 is 28.3 Å². The number of hydrogen-bond acceptors (Lipinski definition) is 3. The molecule has 0 saturated heterocycles. The van der Waals surface area contributed by atoms with Gasteiger partial charge < -0.3 is 5.32 Å². The molecule has 0 atom stereocenters. The van der Waals surface area contributed by atoms with Crippen LogP contribution in [0.3, 0.4) is 0 Å². The van der Waals surface area contributed by atoms with Gasteiger partial charge in [-0.1, -0.05) is 73.7 Å². The second-order valence-corrected chi connectivity index (χ2v) is 8.02. The van der Waals surface area contributed by atoms with E-state index in [0.29, 0.717) is 15.8 Å². The maximum absolute atomic E-state index is 13.1. The van der Waals surface area contributed by atoms with Crippen LogP contribution in [-0.4, -0.2) is 21.7 Å². The number of nitrogens with zero attached hydrogens (tertiary/aromatic N) is 2. The Morgan fingerprint density at radius 1 is 1.00 bits per heavy atom. The molecule has 1 fully saturated rings. The molecule has 2 aromatic carbocycles. The van der Waals surface area contributed by atoms with Crippen molar-refractivity contribution in [3.05, 3.63) is 75.2 Å². The van der Waals surface area contributed by atoms with Gasteiger partial charge in [0.05, 0.1) is 11.9 Å². The Morgan fingerprint density at radius 3 is 2.38 bits per heavy atom. The van der Waals surface area contributed by atoms with Gasteiger partial charge in [0.25, 0.3) is 11.5 Å². The molecule has 0 aliphatic heterocycles. The highest BCUT2D eigenvalue weighted by Gasteiger charge is 2.21. The third kappa shape index (κ3) is 4.35. The number of carbonyl (C=O) groups excluding carboxylic acids is 1. The van der Waals surface area contributed by atoms with Crippen LogP contribution >= 0.6 is 11.6 Å². The molecule has 1 heterocycles. The Hall–Kier alpha value is -2.66. The van der Waals surface area contributed by atoms with Crippen LogP contribution in [0.15, 0.2) is 53.3 Å². The maximum Gasteiger partial charge on any atom is 0.274 e. The van der Waals surface area contributed by atoms with E-state index >= 15 is 0 Å². The lowest BCUT2D eigenvalue weighted by atomic mass is 10.1. The Kier molecular flexibility index (Phi) is 5.95. The van der Waals surface area contributed by atoms with Crippen LogP contribution in [0.2, 0.25) is 5.02 Å². The first kappa shape index (κ1) is 19.6. The standard InChI is InChI=1S/C23H24ClN3O2/c24-20-14-8-5-9-16(20)15-27-23(29)19-13-7-6-12-18(19)21(26-27)22(28)25-17-10-3-1-2-4-11-17/h5-9,12-14,17H,1-4,10-11,15H2,(H,25,28). The predicted molar refractivity (Wildman–Crippen MR) is 116 cm³/mol. The highest BCUT2D eigenvalue weighted by atomic mass is 35.5. The third-order valence-electron chi connectivity index (χ3n) is 5.55. The summed E-state index contributed by atoms with van der Waals surface area (Å²) in [6.45, 7) is 0.215. The maximum atomic E-state index is 13.1. The summed E-state index contributed by atoms with van der Waals surface area (Å²) in [5, 5.41) is 9.24. The first-order valence-electron chi connectivity index (χ1n) is 10.2. The molecule has 1 aliphatic rings. The molecule has 1 amide bonds. The van der Waals surface area contributed by atoms with E-state index in [1.165, 1.54) is 17.5 Å². The number of hydrogen-bond donors (Lipinski definition) is 1. The summed E-state index contributed by atoms with van der Waals surface area (Å²) >= 11 is 6.27. The smallest absolute Gasteiger partial charge is 0.274 e. The van der Waals surface area contributed by atoms with Gasteiger partial charge in [0.1, 0.15) is 0 Å². The molecule has 150 valence electrons. The number of aromatic nitrogens is 2. The molecule has 1 N–H and O–H groups in total. The highest BCUT2D eigenvalue weighted by molar-refractivity contribution is 6.31. The Bertz CT molecular complexity index is 1080. The predicted octanol–water partition coefficient (Wildman–Crippen LogP) is 4.55. The molecular weight excluding hydrogens is 386 g/mol. The van der Waals surface area contributed by atoms with Gasteiger partial charge in [-0.15, -0.1) is 0 Å². The van der Waals surface area contributed by atoms with Gasteiger partial charge in [-0.3, -0.25) is 9.59 Å². The van der Waals surface area contributed by atoms with Crippen LogP contribution in [-0.2, 0) is 6.54 Å². The minimum atomic E-state index is -0.230. The van der Waals surface area contributed by atoms with Crippen molar-refractivity contribution in [3.8, 4) is 0 Å². The van der Waals surface area contributed by atoms with Crippen molar-refractivity contribution in [2.45, 2.75) is 51.1 Å². The minimum absolute atomic E-state index is 0.162. The van der Waals surface area contributed by atoms with Crippen LogP contribution < -0.4 is 10.9 Å². The summed E-state index contributed by atoms with van der Waals surface area (Å²) in [5.41, 5.74) is 0.845. The first-order chi connectivity index (χ1) is 14.1. The SMILES string of the molecule is O=C(NC1CCCCCC1)c1nn(Cc2ccccc2Cl)c(=O)c2ccccc12. The van der Waals surface area contributed by atoms with Crippen molar-refractivity contribution in [3.63, 3.8) is 0 Å². The molecule has 0 radical (unpaired) electrons. The molecule has 29 heavy (non-hydrogen) atoms.